The van der Waals surface area contributed by atoms with Crippen molar-refractivity contribution in [3.05, 3.63) is 41.5 Å². The minimum atomic E-state index is -0.565. The zero-order chi connectivity index (χ0) is 18.2. The number of amides is 2. The second-order valence-electron chi connectivity index (χ2n) is 8.16. The van der Waals surface area contributed by atoms with Gasteiger partial charge in [0, 0.05) is 0 Å². The average molecular weight is 351 g/mol. The predicted molar refractivity (Wildman–Crippen MR) is 93.0 cm³/mol. The van der Waals surface area contributed by atoms with Gasteiger partial charge in [0.25, 0.3) is 0 Å². The van der Waals surface area contributed by atoms with Crippen LogP contribution in [0.5, 0.6) is 5.75 Å². The van der Waals surface area contributed by atoms with Gasteiger partial charge in [-0.2, -0.15) is 0 Å². The number of rotatable bonds is 3. The summed E-state index contributed by atoms with van der Waals surface area (Å²) in [7, 11) is 0. The van der Waals surface area contributed by atoms with Crippen molar-refractivity contribution in [2.24, 2.45) is 35.5 Å². The Bertz CT molecular complexity index is 837. The third-order valence-electron chi connectivity index (χ3n) is 6.61. The van der Waals surface area contributed by atoms with Crippen LogP contribution in [0.25, 0.3) is 0 Å². The molecule has 6 atom stereocenters. The first kappa shape index (κ1) is 15.8. The summed E-state index contributed by atoms with van der Waals surface area (Å²) in [5, 5.41) is 0. The molecular formula is C21H21NO4. The van der Waals surface area contributed by atoms with Gasteiger partial charge >= 0.3 is 5.97 Å². The Balaban J connectivity index is 1.34. The Hall–Kier alpha value is -2.43. The molecular weight excluding hydrogens is 330 g/mol. The molecule has 2 bridgehead atoms. The Morgan fingerprint density at radius 3 is 2.31 bits per heavy atom. The van der Waals surface area contributed by atoms with Gasteiger partial charge < -0.3 is 4.74 Å². The summed E-state index contributed by atoms with van der Waals surface area (Å²) in [6.45, 7) is 3.48. The molecule has 1 aliphatic heterocycles. The first-order valence-electron chi connectivity index (χ1n) is 9.27. The van der Waals surface area contributed by atoms with Gasteiger partial charge in [0.05, 0.1) is 11.8 Å². The van der Waals surface area contributed by atoms with Crippen LogP contribution in [0.15, 0.2) is 30.4 Å². The number of carbonyl (C=O) groups excluding carboxylic acids is 3. The maximum absolute atomic E-state index is 12.9. The molecule has 0 radical (unpaired) electrons. The summed E-state index contributed by atoms with van der Waals surface area (Å²) in [5.41, 5.74) is 1.83. The van der Waals surface area contributed by atoms with E-state index in [4.69, 9.17) is 4.74 Å². The number of carbonyl (C=O) groups is 3. The molecule has 0 N–H and O–H groups in total. The van der Waals surface area contributed by atoms with Gasteiger partial charge in [-0.25, -0.2) is 4.79 Å². The maximum Gasteiger partial charge on any atom is 0.331 e. The summed E-state index contributed by atoms with van der Waals surface area (Å²) in [6, 6.07) is 5.62. The number of benzene rings is 1. The molecule has 5 nitrogen and oxygen atoms in total. The lowest BCUT2D eigenvalue weighted by molar-refractivity contribution is -0.148. The van der Waals surface area contributed by atoms with E-state index in [1.165, 1.54) is 0 Å². The highest BCUT2D eigenvalue weighted by Gasteiger charge is 2.67. The third-order valence-corrected chi connectivity index (χ3v) is 6.61. The van der Waals surface area contributed by atoms with Crippen molar-refractivity contribution < 1.29 is 19.1 Å². The fourth-order valence-electron chi connectivity index (χ4n) is 5.28. The molecule has 2 saturated carbocycles. The highest BCUT2D eigenvalue weighted by atomic mass is 16.5. The molecule has 4 aliphatic carbocycles. The number of allylic oxidation sites excluding steroid dienone is 2. The minimum absolute atomic E-state index is 0.173. The van der Waals surface area contributed by atoms with Crippen LogP contribution in [-0.4, -0.2) is 29.2 Å². The lowest BCUT2D eigenvalue weighted by Gasteiger charge is -2.37. The summed E-state index contributed by atoms with van der Waals surface area (Å²) in [6.07, 6.45) is 5.39. The van der Waals surface area contributed by atoms with Gasteiger partial charge in [-0.05, 0) is 61.1 Å². The lowest BCUT2D eigenvalue weighted by atomic mass is 9.63. The van der Waals surface area contributed by atoms with E-state index in [-0.39, 0.29) is 42.0 Å². The van der Waals surface area contributed by atoms with Crippen LogP contribution in [0, 0.1) is 49.4 Å². The number of imide groups is 1. The SMILES string of the molecule is Cc1ccc(C)c(OC(=O)CN2C(=O)C3C4C=CC(C5CC45)C3C2=O)c1. The molecule has 6 rings (SSSR count). The summed E-state index contributed by atoms with van der Waals surface area (Å²) < 4.78 is 5.44. The van der Waals surface area contributed by atoms with E-state index in [0.717, 1.165) is 22.4 Å². The van der Waals surface area contributed by atoms with E-state index >= 15 is 0 Å². The number of hydrogen-bond acceptors (Lipinski definition) is 4. The molecule has 1 saturated heterocycles. The van der Waals surface area contributed by atoms with E-state index < -0.39 is 5.97 Å². The number of likely N-dealkylation sites (tertiary alicyclic amines) is 1. The highest BCUT2D eigenvalue weighted by molar-refractivity contribution is 6.08. The zero-order valence-electron chi connectivity index (χ0n) is 14.8. The van der Waals surface area contributed by atoms with Gasteiger partial charge in [0.2, 0.25) is 11.8 Å². The Morgan fingerprint density at radius 1 is 1.08 bits per heavy atom. The standard InChI is InChI=1S/C21H21NO4/c1-10-3-4-11(2)16(7-10)26-17(23)9-22-20(24)18-12-5-6-13(15-8-14(12)15)19(18)21(22)25/h3-7,12-15,18-19H,8-9H2,1-2H3. The first-order chi connectivity index (χ1) is 12.5. The Morgan fingerprint density at radius 2 is 1.69 bits per heavy atom. The van der Waals surface area contributed by atoms with Gasteiger partial charge in [-0.1, -0.05) is 24.3 Å². The van der Waals surface area contributed by atoms with E-state index in [2.05, 4.69) is 12.2 Å². The fraction of sp³-hybridized carbons (Fsp3) is 0.476. The smallest absolute Gasteiger partial charge is 0.331 e. The minimum Gasteiger partial charge on any atom is -0.425 e. The van der Waals surface area contributed by atoms with Crippen molar-refractivity contribution in [2.45, 2.75) is 20.3 Å². The summed E-state index contributed by atoms with van der Waals surface area (Å²) in [4.78, 5) is 39.3. The molecule has 5 heteroatoms. The van der Waals surface area contributed by atoms with Crippen molar-refractivity contribution in [2.75, 3.05) is 6.54 Å². The number of nitrogens with zero attached hydrogens (tertiary/aromatic N) is 1. The second-order valence-corrected chi connectivity index (χ2v) is 8.16. The molecule has 0 aromatic heterocycles. The van der Waals surface area contributed by atoms with Crippen LogP contribution < -0.4 is 4.74 Å². The Kier molecular flexibility index (Phi) is 3.21. The average Bonchev–Trinajstić information content (AvgIpc) is 3.39. The molecule has 134 valence electrons. The van der Waals surface area contributed by atoms with Gasteiger partial charge in [0.15, 0.2) is 0 Å². The largest absolute Gasteiger partial charge is 0.425 e. The van der Waals surface area contributed by atoms with Crippen molar-refractivity contribution in [1.29, 1.82) is 0 Å². The molecule has 26 heavy (non-hydrogen) atoms. The fourth-order valence-corrected chi connectivity index (χ4v) is 5.28. The van der Waals surface area contributed by atoms with Crippen LogP contribution in [0.4, 0.5) is 0 Å². The lowest BCUT2D eigenvalue weighted by Crippen LogP contribution is -2.40. The van der Waals surface area contributed by atoms with Gasteiger partial charge in [-0.15, -0.1) is 0 Å². The van der Waals surface area contributed by atoms with E-state index in [9.17, 15) is 14.4 Å². The number of esters is 1. The number of ether oxygens (including phenoxy) is 1. The third kappa shape index (κ3) is 2.12. The molecule has 5 aliphatic rings. The van der Waals surface area contributed by atoms with Crippen LogP contribution in [0.2, 0.25) is 0 Å². The Labute approximate surface area is 152 Å². The molecule has 2 amide bonds. The molecule has 1 aromatic carbocycles. The van der Waals surface area contributed by atoms with Crippen molar-refractivity contribution in [1.82, 2.24) is 4.90 Å². The number of aryl methyl sites for hydroxylation is 2. The predicted octanol–water partition coefficient (Wildman–Crippen LogP) is 2.26. The van der Waals surface area contributed by atoms with Crippen molar-refractivity contribution in [3.8, 4) is 5.75 Å². The van der Waals surface area contributed by atoms with E-state index in [0.29, 0.717) is 17.6 Å². The van der Waals surface area contributed by atoms with E-state index in [1.807, 2.05) is 26.0 Å². The van der Waals surface area contributed by atoms with Gasteiger partial charge in [0.1, 0.15) is 12.3 Å². The monoisotopic (exact) mass is 351 g/mol. The zero-order valence-corrected chi connectivity index (χ0v) is 14.8. The number of hydrogen-bond donors (Lipinski definition) is 0. The van der Waals surface area contributed by atoms with Gasteiger partial charge in [-0.3, -0.25) is 14.5 Å². The van der Waals surface area contributed by atoms with Crippen LogP contribution in [0.3, 0.4) is 0 Å². The molecule has 1 aromatic rings. The summed E-state index contributed by atoms with van der Waals surface area (Å²) >= 11 is 0. The maximum atomic E-state index is 12.9. The van der Waals surface area contributed by atoms with Crippen molar-refractivity contribution >= 4 is 17.8 Å². The molecule has 1 heterocycles. The topological polar surface area (TPSA) is 63.7 Å². The first-order valence-corrected chi connectivity index (χ1v) is 9.27. The van der Waals surface area contributed by atoms with Crippen LogP contribution in [-0.2, 0) is 14.4 Å². The van der Waals surface area contributed by atoms with Crippen LogP contribution >= 0.6 is 0 Å². The molecule has 3 fully saturated rings. The second kappa shape index (κ2) is 5.29. The van der Waals surface area contributed by atoms with Crippen LogP contribution in [0.1, 0.15) is 17.5 Å². The summed E-state index contributed by atoms with van der Waals surface area (Å²) in [5.74, 6) is 0.460. The molecule has 6 unspecified atom stereocenters. The van der Waals surface area contributed by atoms with Crippen molar-refractivity contribution in [3.63, 3.8) is 0 Å². The highest BCUT2D eigenvalue weighted by Crippen LogP contribution is 2.65. The quantitative estimate of drug-likeness (QED) is 0.363. The van der Waals surface area contributed by atoms with E-state index in [1.54, 1.807) is 6.07 Å². The molecule has 0 spiro atoms. The normalized spacial score (nSPS) is 36.2.